The number of halogens is 2. The highest BCUT2D eigenvalue weighted by Crippen LogP contribution is 2.65. The van der Waals surface area contributed by atoms with Crippen LogP contribution in [0.2, 0.25) is 0 Å². The van der Waals surface area contributed by atoms with Crippen molar-refractivity contribution in [2.45, 2.75) is 20.0 Å². The normalized spacial score (nSPS) is 30.1. The number of benzene rings is 2. The van der Waals surface area contributed by atoms with Gasteiger partial charge in [-0.2, -0.15) is 10.1 Å². The molecule has 2 bridgehead atoms. The topological polar surface area (TPSA) is 68.2 Å². The van der Waals surface area contributed by atoms with Crippen molar-refractivity contribution < 1.29 is 19.1 Å². The molecule has 2 aromatic carbocycles. The van der Waals surface area contributed by atoms with Crippen LogP contribution < -0.4 is 9.47 Å². The Kier molecular flexibility index (Phi) is 5.84. The van der Waals surface area contributed by atoms with Gasteiger partial charge in [0.05, 0.1) is 29.1 Å². The van der Waals surface area contributed by atoms with Gasteiger partial charge in [0.15, 0.2) is 11.5 Å². The van der Waals surface area contributed by atoms with Crippen molar-refractivity contribution in [1.82, 2.24) is 5.01 Å². The van der Waals surface area contributed by atoms with Crippen LogP contribution in [-0.4, -0.2) is 29.6 Å². The summed E-state index contributed by atoms with van der Waals surface area (Å²) in [4.78, 5) is 26.3. The Bertz CT molecular complexity index is 1220. The lowest BCUT2D eigenvalue weighted by molar-refractivity contribution is -0.140. The van der Waals surface area contributed by atoms with Crippen molar-refractivity contribution in [3.05, 3.63) is 68.6 Å². The van der Waals surface area contributed by atoms with Crippen LogP contribution in [0.5, 0.6) is 11.5 Å². The highest BCUT2D eigenvalue weighted by Gasteiger charge is 2.67. The zero-order valence-electron chi connectivity index (χ0n) is 19.1. The molecule has 2 amide bonds. The van der Waals surface area contributed by atoms with Gasteiger partial charge in [0, 0.05) is 4.47 Å². The first-order valence-corrected chi connectivity index (χ1v) is 13.5. The summed E-state index contributed by atoms with van der Waals surface area (Å²) in [7, 11) is 0. The molecule has 35 heavy (non-hydrogen) atoms. The van der Waals surface area contributed by atoms with Gasteiger partial charge in [0.25, 0.3) is 11.8 Å². The van der Waals surface area contributed by atoms with Crippen LogP contribution in [0, 0.1) is 35.5 Å². The minimum Gasteiger partial charge on any atom is -0.490 e. The summed E-state index contributed by atoms with van der Waals surface area (Å²) in [6.07, 6.45) is 7.02. The minimum atomic E-state index is -0.251. The fourth-order valence-corrected chi connectivity index (χ4v) is 6.82. The zero-order valence-corrected chi connectivity index (χ0v) is 22.2. The SMILES string of the molecule is CCOc1cc(/C=N\N2C(=O)[C@@H]3[C@H]4C=C[C@@H]([C@@H]5C[C@H]45)[C@H]3C2=O)cc(Br)c1OCc1ccc(Br)cc1. The first-order chi connectivity index (χ1) is 17.0. The van der Waals surface area contributed by atoms with Crippen LogP contribution in [0.25, 0.3) is 0 Å². The Labute approximate surface area is 220 Å². The number of carbonyl (C=O) groups is 2. The summed E-state index contributed by atoms with van der Waals surface area (Å²) in [6.45, 7) is 2.76. The van der Waals surface area contributed by atoms with E-state index < -0.39 is 0 Å². The quantitative estimate of drug-likeness (QED) is 0.237. The Morgan fingerprint density at radius 1 is 1.00 bits per heavy atom. The average Bonchev–Trinajstić information content (AvgIpc) is 3.63. The molecule has 180 valence electrons. The van der Waals surface area contributed by atoms with Crippen molar-refractivity contribution in [3.63, 3.8) is 0 Å². The summed E-state index contributed by atoms with van der Waals surface area (Å²) < 4.78 is 13.6. The van der Waals surface area contributed by atoms with E-state index in [4.69, 9.17) is 9.47 Å². The average molecular weight is 600 g/mol. The van der Waals surface area contributed by atoms with Crippen LogP contribution >= 0.6 is 31.9 Å². The third-order valence-corrected chi connectivity index (χ3v) is 8.71. The van der Waals surface area contributed by atoms with E-state index in [-0.39, 0.29) is 35.5 Å². The van der Waals surface area contributed by atoms with Gasteiger partial charge in [-0.05, 0) is 88.3 Å². The lowest BCUT2D eigenvalue weighted by Crippen LogP contribution is -2.40. The molecule has 3 fully saturated rings. The molecule has 7 rings (SSSR count). The van der Waals surface area contributed by atoms with E-state index in [0.717, 1.165) is 21.5 Å². The van der Waals surface area contributed by atoms with Gasteiger partial charge in [-0.15, -0.1) is 0 Å². The van der Waals surface area contributed by atoms with Crippen LogP contribution in [0.15, 0.2) is 62.6 Å². The summed E-state index contributed by atoms with van der Waals surface area (Å²) >= 11 is 7.03. The molecule has 0 aromatic heterocycles. The second-order valence-corrected chi connectivity index (χ2v) is 11.3. The van der Waals surface area contributed by atoms with Crippen LogP contribution in [0.4, 0.5) is 0 Å². The summed E-state index contributed by atoms with van der Waals surface area (Å²) in [5, 5.41) is 5.45. The molecule has 2 saturated carbocycles. The van der Waals surface area contributed by atoms with Gasteiger partial charge in [-0.1, -0.05) is 40.2 Å². The number of hydrogen-bond donors (Lipinski definition) is 0. The van der Waals surface area contributed by atoms with Gasteiger partial charge in [-0.3, -0.25) is 9.59 Å². The van der Waals surface area contributed by atoms with Gasteiger partial charge < -0.3 is 9.47 Å². The fourth-order valence-electron chi connectivity index (χ4n) is 5.98. The van der Waals surface area contributed by atoms with Gasteiger partial charge in [0.1, 0.15) is 6.61 Å². The number of imide groups is 1. The van der Waals surface area contributed by atoms with Gasteiger partial charge in [0.2, 0.25) is 0 Å². The van der Waals surface area contributed by atoms with E-state index >= 15 is 0 Å². The first-order valence-electron chi connectivity index (χ1n) is 11.9. The van der Waals surface area contributed by atoms with Crippen molar-refractivity contribution in [3.8, 4) is 11.5 Å². The number of carbonyl (C=O) groups excluding carboxylic acids is 2. The molecule has 0 spiro atoms. The Hall–Kier alpha value is -2.45. The lowest BCUT2D eigenvalue weighted by atomic mass is 9.63. The summed E-state index contributed by atoms with van der Waals surface area (Å²) in [6, 6.07) is 11.6. The molecule has 8 heteroatoms. The molecule has 6 atom stereocenters. The Morgan fingerprint density at radius 2 is 1.66 bits per heavy atom. The molecule has 0 radical (unpaired) electrons. The van der Waals surface area contributed by atoms with Gasteiger partial charge >= 0.3 is 0 Å². The van der Waals surface area contributed by atoms with Crippen molar-refractivity contribution in [1.29, 1.82) is 0 Å². The monoisotopic (exact) mass is 598 g/mol. The van der Waals surface area contributed by atoms with E-state index in [9.17, 15) is 9.59 Å². The number of nitrogens with zero attached hydrogens (tertiary/aromatic N) is 2. The number of rotatable bonds is 7. The Morgan fingerprint density at radius 3 is 2.29 bits per heavy atom. The molecule has 0 unspecified atom stereocenters. The molecular formula is C27H24Br2N2O4. The van der Waals surface area contributed by atoms with Crippen LogP contribution in [-0.2, 0) is 16.2 Å². The number of ether oxygens (including phenoxy) is 2. The second kappa shape index (κ2) is 8.89. The van der Waals surface area contributed by atoms with Gasteiger partial charge in [-0.25, -0.2) is 0 Å². The molecular weight excluding hydrogens is 576 g/mol. The number of allylic oxidation sites excluding steroid dienone is 2. The van der Waals surface area contributed by atoms with Crippen LogP contribution in [0.3, 0.4) is 0 Å². The Balaban J connectivity index is 1.21. The standard InChI is InChI=1S/C27H24Br2N2O4/c1-2-34-22-10-15(9-21(29)25(22)35-13-14-3-5-16(28)6-4-14)12-30-31-26(32)23-17-7-8-18(20-11-19(17)20)24(23)27(31)33/h3-10,12,17-20,23-24H,2,11,13H2,1H3/b30-12-/t17-,18-,19-,20+,23+,24+/m0/s1. The van der Waals surface area contributed by atoms with Crippen LogP contribution in [0.1, 0.15) is 24.5 Å². The maximum Gasteiger partial charge on any atom is 0.254 e. The molecule has 2 aromatic rings. The third kappa shape index (κ3) is 3.95. The molecule has 1 heterocycles. The molecule has 1 saturated heterocycles. The van der Waals surface area contributed by atoms with E-state index in [1.807, 2.05) is 43.3 Å². The minimum absolute atomic E-state index is 0.167. The molecule has 1 aliphatic heterocycles. The van der Waals surface area contributed by atoms with Crippen molar-refractivity contribution in [2.75, 3.05) is 6.61 Å². The highest BCUT2D eigenvalue weighted by atomic mass is 79.9. The van der Waals surface area contributed by atoms with E-state index in [2.05, 4.69) is 49.1 Å². The molecule has 5 aliphatic rings. The number of hydrazone groups is 1. The largest absolute Gasteiger partial charge is 0.490 e. The third-order valence-electron chi connectivity index (χ3n) is 7.59. The maximum atomic E-state index is 13.2. The number of amides is 2. The smallest absolute Gasteiger partial charge is 0.254 e. The summed E-state index contributed by atoms with van der Waals surface area (Å²) in [5.41, 5.74) is 1.73. The van der Waals surface area contributed by atoms with E-state index in [1.54, 1.807) is 6.21 Å². The fraction of sp³-hybridized carbons (Fsp3) is 0.370. The predicted octanol–water partition coefficient (Wildman–Crippen LogP) is 5.58. The van der Waals surface area contributed by atoms with Crippen molar-refractivity contribution in [2.24, 2.45) is 40.6 Å². The molecule has 4 aliphatic carbocycles. The summed E-state index contributed by atoms with van der Waals surface area (Å²) in [5.74, 6) is 1.84. The molecule has 6 nitrogen and oxygen atoms in total. The van der Waals surface area contributed by atoms with E-state index in [0.29, 0.717) is 46.6 Å². The van der Waals surface area contributed by atoms with E-state index in [1.165, 1.54) is 0 Å². The number of hydrogen-bond acceptors (Lipinski definition) is 5. The molecule has 0 N–H and O–H groups in total. The van der Waals surface area contributed by atoms with Crippen molar-refractivity contribution >= 4 is 49.9 Å². The maximum absolute atomic E-state index is 13.2. The predicted molar refractivity (Wildman–Crippen MR) is 138 cm³/mol. The zero-order chi connectivity index (χ0) is 24.3. The lowest BCUT2D eigenvalue weighted by Gasteiger charge is -2.37. The first kappa shape index (κ1) is 23.0. The second-order valence-electron chi connectivity index (χ2n) is 9.57. The highest BCUT2D eigenvalue weighted by molar-refractivity contribution is 9.10.